The molecule has 6 bridgehead atoms. The Bertz CT molecular complexity index is 252. The molecule has 6 atom stereocenters. The molecule has 0 saturated heterocycles. The lowest BCUT2D eigenvalue weighted by atomic mass is 9.69. The minimum atomic E-state index is 1.14. The van der Waals surface area contributed by atoms with E-state index in [4.69, 9.17) is 0 Å². The summed E-state index contributed by atoms with van der Waals surface area (Å²) in [7, 11) is 0. The molecule has 0 heterocycles. The first kappa shape index (κ1) is 10.9. The van der Waals surface area contributed by atoms with Crippen molar-refractivity contribution in [2.45, 2.75) is 70.6 Å². The van der Waals surface area contributed by atoms with Crippen molar-refractivity contribution in [1.82, 2.24) is 0 Å². The smallest absolute Gasteiger partial charge is 0.0357 e. The Morgan fingerprint density at radius 3 is 1.41 bits per heavy atom. The van der Waals surface area contributed by atoms with Gasteiger partial charge in [-0.1, -0.05) is 38.5 Å². The molecule has 4 rings (SSSR count). The van der Waals surface area contributed by atoms with E-state index in [1.807, 2.05) is 0 Å². The van der Waals surface area contributed by atoms with Crippen LogP contribution in [-0.4, -0.2) is 0 Å². The summed E-state index contributed by atoms with van der Waals surface area (Å²) < 4.78 is 0. The SMILES string of the molecule is C1CC2CCC(C1)C1CCC2C2CCCC1C2. The fourth-order valence-electron chi connectivity index (χ4n) is 6.36. The Balaban J connectivity index is 1.72. The predicted octanol–water partition coefficient (Wildman–Crippen LogP) is 5.03. The summed E-state index contributed by atoms with van der Waals surface area (Å²) in [4.78, 5) is 0. The van der Waals surface area contributed by atoms with Crippen LogP contribution in [0.1, 0.15) is 70.6 Å². The average molecular weight is 232 g/mol. The molecule has 0 heteroatoms. The molecule has 96 valence electrons. The van der Waals surface area contributed by atoms with Gasteiger partial charge in [-0.15, -0.1) is 0 Å². The predicted molar refractivity (Wildman–Crippen MR) is 71.7 cm³/mol. The molecule has 4 aliphatic rings. The van der Waals surface area contributed by atoms with Gasteiger partial charge in [0.2, 0.25) is 0 Å². The first-order valence-electron chi connectivity index (χ1n) is 8.42. The standard InChI is InChI=1S/C17H28/c1-3-12-7-8-13(4-1)17-10-9-16(12)14-5-2-6-15(17)11-14/h12-17H,1-11H2. The third kappa shape index (κ3) is 1.78. The van der Waals surface area contributed by atoms with E-state index in [2.05, 4.69) is 0 Å². The van der Waals surface area contributed by atoms with Crippen LogP contribution in [0, 0.1) is 35.5 Å². The van der Waals surface area contributed by atoms with E-state index in [0.717, 1.165) is 35.5 Å². The number of rotatable bonds is 0. The highest BCUT2D eigenvalue weighted by molar-refractivity contribution is 4.94. The Morgan fingerprint density at radius 1 is 0.412 bits per heavy atom. The molecule has 4 saturated carbocycles. The first-order valence-corrected chi connectivity index (χ1v) is 8.42. The summed E-state index contributed by atoms with van der Waals surface area (Å²) in [6, 6.07) is 0. The Kier molecular flexibility index (Phi) is 2.74. The molecule has 0 spiro atoms. The van der Waals surface area contributed by atoms with Crippen molar-refractivity contribution in [2.75, 3.05) is 0 Å². The number of fused-ring (bicyclic) bond motifs is 12. The van der Waals surface area contributed by atoms with Gasteiger partial charge in [0, 0.05) is 0 Å². The third-order valence-electron chi connectivity index (χ3n) is 7.07. The van der Waals surface area contributed by atoms with Gasteiger partial charge in [-0.25, -0.2) is 0 Å². The van der Waals surface area contributed by atoms with Gasteiger partial charge < -0.3 is 0 Å². The molecular weight excluding hydrogens is 204 g/mol. The molecule has 4 fully saturated rings. The second-order valence-corrected chi connectivity index (χ2v) is 7.62. The largest absolute Gasteiger partial charge is 0.0528 e. The molecule has 4 aliphatic carbocycles. The van der Waals surface area contributed by atoms with Gasteiger partial charge in [0.15, 0.2) is 0 Å². The highest BCUT2D eigenvalue weighted by Crippen LogP contribution is 2.54. The van der Waals surface area contributed by atoms with Crippen LogP contribution in [0.2, 0.25) is 0 Å². The van der Waals surface area contributed by atoms with Crippen molar-refractivity contribution in [3.05, 3.63) is 0 Å². The van der Waals surface area contributed by atoms with Crippen LogP contribution < -0.4 is 0 Å². The molecule has 0 aromatic rings. The van der Waals surface area contributed by atoms with Gasteiger partial charge in [0.05, 0.1) is 0 Å². The van der Waals surface area contributed by atoms with Crippen molar-refractivity contribution in [3.8, 4) is 0 Å². The van der Waals surface area contributed by atoms with Crippen molar-refractivity contribution < 1.29 is 0 Å². The molecule has 0 amide bonds. The van der Waals surface area contributed by atoms with Crippen molar-refractivity contribution in [2.24, 2.45) is 35.5 Å². The molecule has 0 aliphatic heterocycles. The van der Waals surface area contributed by atoms with Crippen LogP contribution in [0.25, 0.3) is 0 Å². The number of hydrogen-bond donors (Lipinski definition) is 0. The highest BCUT2D eigenvalue weighted by atomic mass is 14.5. The van der Waals surface area contributed by atoms with E-state index in [-0.39, 0.29) is 0 Å². The van der Waals surface area contributed by atoms with Crippen molar-refractivity contribution >= 4 is 0 Å². The van der Waals surface area contributed by atoms with Crippen molar-refractivity contribution in [3.63, 3.8) is 0 Å². The van der Waals surface area contributed by atoms with Crippen LogP contribution >= 0.6 is 0 Å². The number of hydrogen-bond acceptors (Lipinski definition) is 0. The quantitative estimate of drug-likeness (QED) is 0.514. The Labute approximate surface area is 107 Å². The molecule has 17 heavy (non-hydrogen) atoms. The molecule has 0 N–H and O–H groups in total. The summed E-state index contributed by atoms with van der Waals surface area (Å²) >= 11 is 0. The zero-order valence-corrected chi connectivity index (χ0v) is 11.2. The first-order chi connectivity index (χ1) is 8.42. The second-order valence-electron chi connectivity index (χ2n) is 7.62. The minimum Gasteiger partial charge on any atom is -0.0528 e. The van der Waals surface area contributed by atoms with Crippen LogP contribution in [0.5, 0.6) is 0 Å². The fourth-order valence-corrected chi connectivity index (χ4v) is 6.36. The molecule has 0 aromatic carbocycles. The normalized spacial score (nSPS) is 53.6. The molecular formula is C17H28. The summed E-state index contributed by atoms with van der Waals surface area (Å²) in [5, 5.41) is 0. The van der Waals surface area contributed by atoms with Crippen LogP contribution in [-0.2, 0) is 0 Å². The Hall–Kier alpha value is 0. The van der Waals surface area contributed by atoms with Crippen LogP contribution in [0.3, 0.4) is 0 Å². The maximum absolute atomic E-state index is 1.64. The summed E-state index contributed by atoms with van der Waals surface area (Å²) in [6.07, 6.45) is 17.6. The summed E-state index contributed by atoms with van der Waals surface area (Å²) in [6.45, 7) is 0. The fraction of sp³-hybridized carbons (Fsp3) is 1.00. The minimum absolute atomic E-state index is 1.14. The van der Waals surface area contributed by atoms with E-state index in [1.54, 1.807) is 70.6 Å². The van der Waals surface area contributed by atoms with Gasteiger partial charge in [-0.05, 0) is 67.6 Å². The van der Waals surface area contributed by atoms with Gasteiger partial charge in [-0.3, -0.25) is 0 Å². The molecule has 0 nitrogen and oxygen atoms in total. The molecule has 0 radical (unpaired) electrons. The summed E-state index contributed by atoms with van der Waals surface area (Å²) in [5.41, 5.74) is 0. The lowest BCUT2D eigenvalue weighted by Crippen LogP contribution is -2.27. The zero-order chi connectivity index (χ0) is 11.2. The maximum atomic E-state index is 1.64. The van der Waals surface area contributed by atoms with Gasteiger partial charge >= 0.3 is 0 Å². The van der Waals surface area contributed by atoms with Gasteiger partial charge in [0.25, 0.3) is 0 Å². The van der Waals surface area contributed by atoms with E-state index in [1.165, 1.54) is 0 Å². The van der Waals surface area contributed by atoms with E-state index in [9.17, 15) is 0 Å². The Morgan fingerprint density at radius 2 is 0.882 bits per heavy atom. The van der Waals surface area contributed by atoms with E-state index in [0.29, 0.717) is 0 Å². The molecule has 6 unspecified atom stereocenters. The van der Waals surface area contributed by atoms with Gasteiger partial charge in [0.1, 0.15) is 0 Å². The van der Waals surface area contributed by atoms with E-state index >= 15 is 0 Å². The monoisotopic (exact) mass is 232 g/mol. The topological polar surface area (TPSA) is 0 Å². The average Bonchev–Trinajstić information content (AvgIpc) is 2.58. The maximum Gasteiger partial charge on any atom is -0.0357 e. The van der Waals surface area contributed by atoms with Gasteiger partial charge in [-0.2, -0.15) is 0 Å². The van der Waals surface area contributed by atoms with Crippen LogP contribution in [0.15, 0.2) is 0 Å². The third-order valence-corrected chi connectivity index (χ3v) is 7.07. The molecule has 0 aromatic heterocycles. The zero-order valence-electron chi connectivity index (χ0n) is 11.2. The second kappa shape index (κ2) is 4.28. The van der Waals surface area contributed by atoms with Crippen molar-refractivity contribution in [1.29, 1.82) is 0 Å². The summed E-state index contributed by atoms with van der Waals surface area (Å²) in [5.74, 6) is 6.90. The van der Waals surface area contributed by atoms with E-state index < -0.39 is 0 Å². The lowest BCUT2D eigenvalue weighted by molar-refractivity contribution is 0.137. The lowest BCUT2D eigenvalue weighted by Gasteiger charge is -2.37. The highest BCUT2D eigenvalue weighted by Gasteiger charge is 2.44. The van der Waals surface area contributed by atoms with Crippen LogP contribution in [0.4, 0.5) is 0 Å².